The zero-order valence-corrected chi connectivity index (χ0v) is 9.31. The molecule has 2 aromatic rings. The van der Waals surface area contributed by atoms with Gasteiger partial charge >= 0.3 is 0 Å². The van der Waals surface area contributed by atoms with Crippen molar-refractivity contribution in [3.8, 4) is 0 Å². The van der Waals surface area contributed by atoms with Gasteiger partial charge in [-0.25, -0.2) is 4.79 Å². The summed E-state index contributed by atoms with van der Waals surface area (Å²) < 4.78 is 28.2. The first kappa shape index (κ1) is 12.1. The van der Waals surface area contributed by atoms with Gasteiger partial charge in [-0.2, -0.15) is 13.8 Å². The zero-order chi connectivity index (χ0) is 13.0. The molecule has 2 rings (SSSR count). The number of nitrogens with zero attached hydrogens (tertiary/aromatic N) is 1. The van der Waals surface area contributed by atoms with Crippen molar-refractivity contribution in [2.45, 2.75) is 5.92 Å². The number of rotatable bonds is 3. The largest absolute Gasteiger partial charge is 0.298 e. The number of alkyl halides is 2. The topological polar surface area (TPSA) is 29.4 Å². The first-order valence-electron chi connectivity index (χ1n) is 5.26. The summed E-state index contributed by atoms with van der Waals surface area (Å²) in [6.07, 6.45) is 1.36. The van der Waals surface area contributed by atoms with Gasteiger partial charge in [0.1, 0.15) is 0 Å². The zero-order valence-electron chi connectivity index (χ0n) is 9.31. The van der Waals surface area contributed by atoms with Crippen LogP contribution in [0.15, 0.2) is 59.6 Å². The van der Waals surface area contributed by atoms with Gasteiger partial charge in [-0.05, 0) is 12.1 Å². The molecular weight excluding hydrogens is 236 g/mol. The molecule has 90 valence electrons. The fourth-order valence-electron chi connectivity index (χ4n) is 1.61. The first-order chi connectivity index (χ1) is 8.64. The third-order valence-electron chi connectivity index (χ3n) is 2.54. The molecule has 0 N–H and O–H groups in total. The quantitative estimate of drug-likeness (QED) is 0.597. The lowest BCUT2D eigenvalue weighted by Gasteiger charge is -2.17. The van der Waals surface area contributed by atoms with E-state index in [2.05, 4.69) is 4.99 Å². The second kappa shape index (κ2) is 4.90. The van der Waals surface area contributed by atoms with Crippen molar-refractivity contribution in [2.24, 2.45) is 4.99 Å². The minimum absolute atomic E-state index is 0.0726. The van der Waals surface area contributed by atoms with Crippen molar-refractivity contribution in [3.63, 3.8) is 0 Å². The molecule has 4 heteroatoms. The standard InChI is InChI=1S/C14H9F2NO/c15-14(16,11-4-2-1-3-5-11)12-6-8-13(9-7-12)17-10-18/h1-9H. The molecule has 0 saturated carbocycles. The SMILES string of the molecule is O=C=Nc1ccc(C(F)(F)c2ccccc2)cc1. The molecule has 2 aromatic carbocycles. The third kappa shape index (κ3) is 2.34. The van der Waals surface area contributed by atoms with E-state index >= 15 is 0 Å². The van der Waals surface area contributed by atoms with Crippen LogP contribution in [0.25, 0.3) is 0 Å². The minimum atomic E-state index is -3.06. The van der Waals surface area contributed by atoms with Crippen molar-refractivity contribution in [1.82, 2.24) is 0 Å². The fraction of sp³-hybridized carbons (Fsp3) is 0.0714. The number of hydrogen-bond acceptors (Lipinski definition) is 2. The molecule has 0 aliphatic rings. The average Bonchev–Trinajstić information content (AvgIpc) is 2.41. The Hall–Kier alpha value is -2.32. The summed E-state index contributed by atoms with van der Waals surface area (Å²) in [6.45, 7) is 0. The molecule has 0 aliphatic heterocycles. The second-order valence-electron chi connectivity index (χ2n) is 3.69. The molecule has 0 heterocycles. The van der Waals surface area contributed by atoms with Gasteiger partial charge in [0.25, 0.3) is 5.92 Å². The predicted octanol–water partition coefficient (Wildman–Crippen LogP) is 3.79. The normalized spacial score (nSPS) is 10.8. The van der Waals surface area contributed by atoms with Crippen molar-refractivity contribution < 1.29 is 13.6 Å². The highest BCUT2D eigenvalue weighted by Crippen LogP contribution is 2.35. The highest BCUT2D eigenvalue weighted by Gasteiger charge is 2.33. The maximum atomic E-state index is 14.1. The first-order valence-corrected chi connectivity index (χ1v) is 5.26. The molecule has 0 bridgehead atoms. The van der Waals surface area contributed by atoms with Crippen LogP contribution >= 0.6 is 0 Å². The monoisotopic (exact) mass is 245 g/mol. The van der Waals surface area contributed by atoms with E-state index < -0.39 is 5.92 Å². The van der Waals surface area contributed by atoms with Gasteiger partial charge in [-0.3, -0.25) is 0 Å². The van der Waals surface area contributed by atoms with Crippen LogP contribution in [0.5, 0.6) is 0 Å². The Kier molecular flexibility index (Phi) is 3.31. The molecule has 0 atom stereocenters. The van der Waals surface area contributed by atoms with Crippen molar-refractivity contribution in [3.05, 3.63) is 65.7 Å². The summed E-state index contributed by atoms with van der Waals surface area (Å²) in [5, 5.41) is 0. The fourth-order valence-corrected chi connectivity index (χ4v) is 1.61. The lowest BCUT2D eigenvalue weighted by molar-refractivity contribution is 0.0428. The highest BCUT2D eigenvalue weighted by atomic mass is 19.3. The van der Waals surface area contributed by atoms with E-state index in [1.165, 1.54) is 42.5 Å². The summed E-state index contributed by atoms with van der Waals surface area (Å²) in [5.74, 6) is -3.06. The molecule has 18 heavy (non-hydrogen) atoms. The van der Waals surface area contributed by atoms with Gasteiger partial charge in [0.2, 0.25) is 6.08 Å². The maximum absolute atomic E-state index is 14.1. The van der Waals surface area contributed by atoms with Gasteiger partial charge in [0.15, 0.2) is 0 Å². The Balaban J connectivity index is 2.38. The van der Waals surface area contributed by atoms with E-state index in [1.54, 1.807) is 18.2 Å². The Morgan fingerprint density at radius 2 is 1.44 bits per heavy atom. The van der Waals surface area contributed by atoms with E-state index in [-0.39, 0.29) is 11.1 Å². The number of isocyanates is 1. The van der Waals surface area contributed by atoms with E-state index in [1.807, 2.05) is 0 Å². The summed E-state index contributed by atoms with van der Waals surface area (Å²) >= 11 is 0. The lowest BCUT2D eigenvalue weighted by Crippen LogP contribution is -2.14. The van der Waals surface area contributed by atoms with Crippen LogP contribution in [0, 0.1) is 0 Å². The van der Waals surface area contributed by atoms with Gasteiger partial charge in [-0.1, -0.05) is 42.5 Å². The summed E-state index contributed by atoms with van der Waals surface area (Å²) in [4.78, 5) is 13.4. The van der Waals surface area contributed by atoms with Crippen LogP contribution in [0.2, 0.25) is 0 Å². The van der Waals surface area contributed by atoms with Crippen LogP contribution in [0.3, 0.4) is 0 Å². The number of aliphatic imine (C=N–C) groups is 1. The average molecular weight is 245 g/mol. The van der Waals surface area contributed by atoms with Crippen molar-refractivity contribution in [1.29, 1.82) is 0 Å². The Morgan fingerprint density at radius 3 is 2.00 bits per heavy atom. The molecule has 0 aliphatic carbocycles. The van der Waals surface area contributed by atoms with E-state index in [0.29, 0.717) is 5.69 Å². The van der Waals surface area contributed by atoms with Crippen molar-refractivity contribution in [2.75, 3.05) is 0 Å². The molecule has 0 fully saturated rings. The molecule has 0 saturated heterocycles. The molecular formula is C14H9F2NO. The Morgan fingerprint density at radius 1 is 0.889 bits per heavy atom. The molecule has 0 amide bonds. The molecule has 0 unspecified atom stereocenters. The van der Waals surface area contributed by atoms with E-state index in [9.17, 15) is 13.6 Å². The van der Waals surface area contributed by atoms with Gasteiger partial charge in [-0.15, -0.1) is 0 Å². The van der Waals surface area contributed by atoms with Crippen LogP contribution in [0.1, 0.15) is 11.1 Å². The number of hydrogen-bond donors (Lipinski definition) is 0. The van der Waals surface area contributed by atoms with Crippen LogP contribution in [-0.4, -0.2) is 6.08 Å². The summed E-state index contributed by atoms with van der Waals surface area (Å²) in [6, 6.07) is 12.8. The number of benzene rings is 2. The van der Waals surface area contributed by atoms with E-state index in [0.717, 1.165) is 0 Å². The molecule has 0 spiro atoms. The molecule has 0 aromatic heterocycles. The maximum Gasteiger partial charge on any atom is 0.298 e. The van der Waals surface area contributed by atoms with Gasteiger partial charge in [0.05, 0.1) is 5.69 Å². The van der Waals surface area contributed by atoms with E-state index in [4.69, 9.17) is 0 Å². The van der Waals surface area contributed by atoms with Gasteiger partial charge in [0, 0.05) is 11.1 Å². The molecule has 0 radical (unpaired) electrons. The molecule has 2 nitrogen and oxygen atoms in total. The van der Waals surface area contributed by atoms with Crippen LogP contribution in [-0.2, 0) is 10.7 Å². The third-order valence-corrected chi connectivity index (χ3v) is 2.54. The Labute approximate surface area is 103 Å². The number of carbonyl (C=O) groups excluding carboxylic acids is 1. The Bertz CT molecular complexity index is 573. The van der Waals surface area contributed by atoms with Gasteiger partial charge < -0.3 is 0 Å². The van der Waals surface area contributed by atoms with Crippen LogP contribution in [0.4, 0.5) is 14.5 Å². The minimum Gasteiger partial charge on any atom is -0.211 e. The summed E-state index contributed by atoms with van der Waals surface area (Å²) in [5.41, 5.74) is 0.0906. The number of halogens is 2. The summed E-state index contributed by atoms with van der Waals surface area (Å²) in [7, 11) is 0. The second-order valence-corrected chi connectivity index (χ2v) is 3.69. The van der Waals surface area contributed by atoms with Crippen molar-refractivity contribution >= 4 is 11.8 Å². The lowest BCUT2D eigenvalue weighted by atomic mass is 10.0. The van der Waals surface area contributed by atoms with Crippen LogP contribution < -0.4 is 0 Å². The smallest absolute Gasteiger partial charge is 0.211 e. The predicted molar refractivity (Wildman–Crippen MR) is 63.7 cm³/mol. The highest BCUT2D eigenvalue weighted by molar-refractivity contribution is 5.50.